The smallest absolute Gasteiger partial charge is 0.121 e. The summed E-state index contributed by atoms with van der Waals surface area (Å²) in [6.45, 7) is 4.82. The molecule has 1 heterocycles. The van der Waals surface area contributed by atoms with E-state index in [1.807, 2.05) is 29.8 Å². The summed E-state index contributed by atoms with van der Waals surface area (Å²) in [5.41, 5.74) is 2.66. The summed E-state index contributed by atoms with van der Waals surface area (Å²) in [4.78, 5) is 0. The molecule has 18 heavy (non-hydrogen) atoms. The van der Waals surface area contributed by atoms with Crippen LogP contribution in [-0.4, -0.2) is 14.9 Å². The summed E-state index contributed by atoms with van der Waals surface area (Å²) in [5, 5.41) is 15.5. The van der Waals surface area contributed by atoms with Crippen LogP contribution in [0.15, 0.2) is 30.3 Å². The number of rotatable bonds is 4. The van der Waals surface area contributed by atoms with Crippen molar-refractivity contribution in [2.75, 3.05) is 0 Å². The van der Waals surface area contributed by atoms with E-state index in [-0.39, 0.29) is 0 Å². The Morgan fingerprint density at radius 3 is 2.50 bits per heavy atom. The van der Waals surface area contributed by atoms with Crippen molar-refractivity contribution in [3.05, 3.63) is 52.3 Å². The van der Waals surface area contributed by atoms with Gasteiger partial charge in [-0.25, -0.2) is 0 Å². The highest BCUT2D eigenvalue weighted by atomic mass is 35.5. The molecule has 1 atom stereocenters. The van der Waals surface area contributed by atoms with Crippen LogP contribution in [0.2, 0.25) is 5.02 Å². The van der Waals surface area contributed by atoms with Crippen molar-refractivity contribution in [1.29, 1.82) is 0 Å². The molecule has 96 valence electrons. The summed E-state index contributed by atoms with van der Waals surface area (Å²) in [6, 6.07) is 9.21. The first-order chi connectivity index (χ1) is 8.65. The third-order valence-corrected chi connectivity index (χ3v) is 3.24. The Morgan fingerprint density at radius 2 is 1.94 bits per heavy atom. The third-order valence-electron chi connectivity index (χ3n) is 2.99. The van der Waals surface area contributed by atoms with Crippen LogP contribution in [0.25, 0.3) is 0 Å². The molecule has 0 aliphatic heterocycles. The van der Waals surface area contributed by atoms with Crippen LogP contribution >= 0.6 is 11.6 Å². The van der Waals surface area contributed by atoms with Gasteiger partial charge >= 0.3 is 0 Å². The van der Waals surface area contributed by atoms with E-state index in [0.717, 1.165) is 29.9 Å². The molecular weight excluding hydrogens is 248 g/mol. The molecule has 0 spiro atoms. The molecule has 4 heteroatoms. The molecule has 0 fully saturated rings. The molecule has 2 aromatic rings. The van der Waals surface area contributed by atoms with Gasteiger partial charge in [0.1, 0.15) is 6.10 Å². The molecule has 1 N–H and O–H groups in total. The number of halogens is 1. The highest BCUT2D eigenvalue weighted by molar-refractivity contribution is 6.30. The minimum Gasteiger partial charge on any atom is -0.382 e. The van der Waals surface area contributed by atoms with Crippen LogP contribution in [0.5, 0.6) is 0 Å². The lowest BCUT2D eigenvalue weighted by Gasteiger charge is -2.12. The number of aromatic nitrogens is 2. The van der Waals surface area contributed by atoms with E-state index in [1.54, 1.807) is 12.1 Å². The normalized spacial score (nSPS) is 12.7. The number of aliphatic hydroxyl groups excluding tert-OH is 1. The Morgan fingerprint density at radius 1 is 1.28 bits per heavy atom. The maximum absolute atomic E-state index is 10.4. The van der Waals surface area contributed by atoms with Gasteiger partial charge in [0.05, 0.1) is 11.4 Å². The minimum absolute atomic E-state index is 0.657. The van der Waals surface area contributed by atoms with Crippen molar-refractivity contribution in [3.8, 4) is 0 Å². The quantitative estimate of drug-likeness (QED) is 0.921. The maximum Gasteiger partial charge on any atom is 0.121 e. The van der Waals surface area contributed by atoms with Crippen LogP contribution in [0.4, 0.5) is 0 Å². The first kappa shape index (κ1) is 13.1. The van der Waals surface area contributed by atoms with Gasteiger partial charge in [-0.05, 0) is 37.1 Å². The fourth-order valence-corrected chi connectivity index (χ4v) is 2.07. The minimum atomic E-state index is -0.657. The van der Waals surface area contributed by atoms with Crippen molar-refractivity contribution < 1.29 is 5.11 Å². The van der Waals surface area contributed by atoms with Gasteiger partial charge in [-0.15, -0.1) is 0 Å². The number of aryl methyl sites for hydroxylation is 2. The van der Waals surface area contributed by atoms with Gasteiger partial charge in [-0.1, -0.05) is 30.7 Å². The van der Waals surface area contributed by atoms with Gasteiger partial charge in [0.15, 0.2) is 0 Å². The van der Waals surface area contributed by atoms with Crippen molar-refractivity contribution in [1.82, 2.24) is 9.78 Å². The highest BCUT2D eigenvalue weighted by Crippen LogP contribution is 2.24. The number of nitrogens with zero attached hydrogens (tertiary/aromatic N) is 2. The summed E-state index contributed by atoms with van der Waals surface area (Å²) in [6.07, 6.45) is 0.211. The molecule has 3 nitrogen and oxygen atoms in total. The molecular formula is C14H17ClN2O. The molecule has 1 unspecified atom stereocenters. The van der Waals surface area contributed by atoms with E-state index in [2.05, 4.69) is 12.0 Å². The maximum atomic E-state index is 10.4. The Kier molecular flexibility index (Phi) is 4.04. The molecule has 0 aliphatic rings. The van der Waals surface area contributed by atoms with Gasteiger partial charge in [-0.3, -0.25) is 4.68 Å². The molecule has 1 aromatic heterocycles. The van der Waals surface area contributed by atoms with E-state index in [1.165, 1.54) is 0 Å². The SMILES string of the molecule is CCc1cc(C(O)c2ccc(Cl)cc2)n(CC)n1. The zero-order chi connectivity index (χ0) is 13.1. The molecule has 0 saturated heterocycles. The lowest BCUT2D eigenvalue weighted by atomic mass is 10.1. The number of hydrogen-bond acceptors (Lipinski definition) is 2. The monoisotopic (exact) mass is 264 g/mol. The Bertz CT molecular complexity index is 519. The Labute approximate surface area is 112 Å². The van der Waals surface area contributed by atoms with Crippen molar-refractivity contribution >= 4 is 11.6 Å². The molecule has 0 aliphatic carbocycles. The predicted octanol–water partition coefficient (Wildman–Crippen LogP) is 3.20. The van der Waals surface area contributed by atoms with Crippen LogP contribution in [0.3, 0.4) is 0 Å². The molecule has 2 rings (SSSR count). The van der Waals surface area contributed by atoms with Crippen molar-refractivity contribution in [3.63, 3.8) is 0 Å². The molecule has 1 aromatic carbocycles. The fraction of sp³-hybridized carbons (Fsp3) is 0.357. The molecule has 0 bridgehead atoms. The van der Waals surface area contributed by atoms with Gasteiger partial charge in [0.25, 0.3) is 0 Å². The lowest BCUT2D eigenvalue weighted by Crippen LogP contribution is -2.08. The number of aliphatic hydroxyl groups is 1. The van der Waals surface area contributed by atoms with E-state index < -0.39 is 6.10 Å². The second-order valence-corrected chi connectivity index (χ2v) is 4.62. The average Bonchev–Trinajstić information content (AvgIpc) is 2.82. The first-order valence-corrected chi connectivity index (χ1v) is 6.53. The largest absolute Gasteiger partial charge is 0.382 e. The summed E-state index contributed by atoms with van der Waals surface area (Å²) in [5.74, 6) is 0. The fourth-order valence-electron chi connectivity index (χ4n) is 1.95. The van der Waals surface area contributed by atoms with E-state index in [0.29, 0.717) is 5.02 Å². The zero-order valence-corrected chi connectivity index (χ0v) is 11.4. The summed E-state index contributed by atoms with van der Waals surface area (Å²) >= 11 is 5.85. The number of hydrogen-bond donors (Lipinski definition) is 1. The standard InChI is InChI=1S/C14H17ClN2O/c1-3-12-9-13(17(4-2)16-12)14(18)10-5-7-11(15)8-6-10/h5-9,14,18H,3-4H2,1-2H3. The predicted molar refractivity (Wildman–Crippen MR) is 72.8 cm³/mol. The first-order valence-electron chi connectivity index (χ1n) is 6.15. The average molecular weight is 265 g/mol. The Hall–Kier alpha value is -1.32. The van der Waals surface area contributed by atoms with Crippen molar-refractivity contribution in [2.24, 2.45) is 0 Å². The zero-order valence-electron chi connectivity index (χ0n) is 10.6. The van der Waals surface area contributed by atoms with Gasteiger partial charge < -0.3 is 5.11 Å². The third kappa shape index (κ3) is 2.57. The van der Waals surface area contributed by atoms with Crippen LogP contribution in [0, 0.1) is 0 Å². The van der Waals surface area contributed by atoms with Crippen LogP contribution < -0.4 is 0 Å². The van der Waals surface area contributed by atoms with Gasteiger partial charge in [0.2, 0.25) is 0 Å². The van der Waals surface area contributed by atoms with Gasteiger partial charge in [-0.2, -0.15) is 5.10 Å². The van der Waals surface area contributed by atoms with Gasteiger partial charge in [0, 0.05) is 11.6 Å². The van der Waals surface area contributed by atoms with E-state index in [4.69, 9.17) is 11.6 Å². The Balaban J connectivity index is 2.35. The van der Waals surface area contributed by atoms with E-state index in [9.17, 15) is 5.11 Å². The van der Waals surface area contributed by atoms with E-state index >= 15 is 0 Å². The topological polar surface area (TPSA) is 38.0 Å². The molecule has 0 amide bonds. The highest BCUT2D eigenvalue weighted by Gasteiger charge is 2.16. The lowest BCUT2D eigenvalue weighted by molar-refractivity contribution is 0.208. The summed E-state index contributed by atoms with van der Waals surface area (Å²) in [7, 11) is 0. The molecule has 0 saturated carbocycles. The summed E-state index contributed by atoms with van der Waals surface area (Å²) < 4.78 is 1.85. The van der Waals surface area contributed by atoms with Crippen LogP contribution in [-0.2, 0) is 13.0 Å². The molecule has 0 radical (unpaired) electrons. The second kappa shape index (κ2) is 5.55. The number of benzene rings is 1. The second-order valence-electron chi connectivity index (χ2n) is 4.18. The van der Waals surface area contributed by atoms with Crippen LogP contribution in [0.1, 0.15) is 36.9 Å². The van der Waals surface area contributed by atoms with Crippen molar-refractivity contribution in [2.45, 2.75) is 32.9 Å².